The van der Waals surface area contributed by atoms with Crippen LogP contribution < -0.4 is 0 Å². The van der Waals surface area contributed by atoms with Gasteiger partial charge in [0.15, 0.2) is 0 Å². The van der Waals surface area contributed by atoms with Crippen molar-refractivity contribution in [1.29, 1.82) is 0 Å². The number of amides is 1. The molecular formula is C24H34FNO3S. The van der Waals surface area contributed by atoms with Crippen molar-refractivity contribution in [3.05, 3.63) is 35.0 Å². The molecule has 2 heterocycles. The molecule has 1 fully saturated rings. The molecule has 1 amide bonds. The van der Waals surface area contributed by atoms with Gasteiger partial charge in [0, 0.05) is 28.6 Å². The minimum atomic E-state index is -0.775. The summed E-state index contributed by atoms with van der Waals surface area (Å²) in [5.41, 5.74) is -0.179. The molecule has 1 aliphatic rings. The number of thiophene rings is 1. The number of benzene rings is 1. The number of halogens is 1. The molecule has 4 nitrogen and oxygen atoms in total. The summed E-state index contributed by atoms with van der Waals surface area (Å²) in [5.74, 6) is -0.306. The van der Waals surface area contributed by atoms with Gasteiger partial charge in [-0.05, 0) is 74.6 Å². The summed E-state index contributed by atoms with van der Waals surface area (Å²) in [5, 5.41) is 14.3. The lowest BCUT2D eigenvalue weighted by Crippen LogP contribution is -2.39. The Morgan fingerprint density at radius 2 is 2.00 bits per heavy atom. The summed E-state index contributed by atoms with van der Waals surface area (Å²) in [6.45, 7) is 13.1. The molecule has 0 saturated carbocycles. The molecule has 1 aliphatic heterocycles. The number of hydrogen-bond donors (Lipinski definition) is 1. The molecule has 6 heteroatoms. The number of hydrogen-bond acceptors (Lipinski definition) is 4. The summed E-state index contributed by atoms with van der Waals surface area (Å²) in [7, 11) is 0. The Balaban J connectivity index is 1.92. The third kappa shape index (κ3) is 5.14. The van der Waals surface area contributed by atoms with Crippen LogP contribution in [0.5, 0.6) is 0 Å². The molecule has 2 atom stereocenters. The van der Waals surface area contributed by atoms with Crippen LogP contribution in [0.3, 0.4) is 0 Å². The molecule has 1 N–H and O–H groups in total. The summed E-state index contributed by atoms with van der Waals surface area (Å²) >= 11 is 1.52. The average Bonchev–Trinajstić information content (AvgIpc) is 3.22. The monoisotopic (exact) mass is 435 g/mol. The van der Waals surface area contributed by atoms with Crippen LogP contribution in [0.15, 0.2) is 23.6 Å². The highest BCUT2D eigenvalue weighted by molar-refractivity contribution is 7.17. The lowest BCUT2D eigenvalue weighted by molar-refractivity contribution is 0.00406. The SMILES string of the molecule is CC(C)(C)CCC1(C(O)c2csc3ccc(F)cc23)CCN(C(=O)OC(C)(C)C)C1. The second-order valence-corrected chi connectivity index (χ2v) is 11.7. The van der Waals surface area contributed by atoms with Crippen LogP contribution in [-0.4, -0.2) is 34.8 Å². The molecule has 0 aliphatic carbocycles. The van der Waals surface area contributed by atoms with Crippen molar-refractivity contribution in [1.82, 2.24) is 4.90 Å². The molecule has 166 valence electrons. The minimum Gasteiger partial charge on any atom is -0.444 e. The van der Waals surface area contributed by atoms with Gasteiger partial charge in [-0.2, -0.15) is 0 Å². The van der Waals surface area contributed by atoms with Crippen molar-refractivity contribution in [2.24, 2.45) is 10.8 Å². The summed E-state index contributed by atoms with van der Waals surface area (Å²) in [6, 6.07) is 4.71. The smallest absolute Gasteiger partial charge is 0.410 e. The molecule has 0 spiro atoms. The Morgan fingerprint density at radius 3 is 2.63 bits per heavy atom. The first-order valence-corrected chi connectivity index (χ1v) is 11.5. The number of aliphatic hydroxyl groups excluding tert-OH is 1. The van der Waals surface area contributed by atoms with Crippen LogP contribution in [-0.2, 0) is 4.74 Å². The zero-order chi connectivity index (χ0) is 22.3. The van der Waals surface area contributed by atoms with Crippen LogP contribution in [0.1, 0.15) is 72.5 Å². The van der Waals surface area contributed by atoms with E-state index in [-0.39, 0.29) is 17.3 Å². The Hall–Kier alpha value is -1.66. The predicted molar refractivity (Wildman–Crippen MR) is 120 cm³/mol. The molecule has 1 aromatic carbocycles. The fourth-order valence-corrected chi connectivity index (χ4v) is 5.09. The maximum absolute atomic E-state index is 13.9. The van der Waals surface area contributed by atoms with E-state index in [0.717, 1.165) is 28.5 Å². The van der Waals surface area contributed by atoms with Gasteiger partial charge in [0.2, 0.25) is 0 Å². The maximum Gasteiger partial charge on any atom is 0.410 e. The van der Waals surface area contributed by atoms with Crippen LogP contribution in [0.2, 0.25) is 0 Å². The Kier molecular flexibility index (Phi) is 6.23. The van der Waals surface area contributed by atoms with E-state index in [9.17, 15) is 14.3 Å². The van der Waals surface area contributed by atoms with Gasteiger partial charge >= 0.3 is 6.09 Å². The Morgan fingerprint density at radius 1 is 1.30 bits per heavy atom. The molecular weight excluding hydrogens is 401 g/mol. The fourth-order valence-electron chi connectivity index (χ4n) is 4.13. The van der Waals surface area contributed by atoms with Crippen molar-refractivity contribution in [3.63, 3.8) is 0 Å². The Labute approximate surface area is 183 Å². The number of nitrogens with zero attached hydrogens (tertiary/aromatic N) is 1. The number of carbonyl (C=O) groups is 1. The normalized spacial score (nSPS) is 21.3. The van der Waals surface area contributed by atoms with Crippen LogP contribution in [0.25, 0.3) is 10.1 Å². The molecule has 0 radical (unpaired) electrons. The second-order valence-electron chi connectivity index (χ2n) is 10.8. The number of aliphatic hydroxyl groups is 1. The van der Waals surface area contributed by atoms with Gasteiger partial charge in [-0.25, -0.2) is 9.18 Å². The minimum absolute atomic E-state index is 0.106. The van der Waals surface area contributed by atoms with Crippen molar-refractivity contribution in [3.8, 4) is 0 Å². The van der Waals surface area contributed by atoms with E-state index in [1.165, 1.54) is 23.5 Å². The number of likely N-dealkylation sites (tertiary alicyclic amines) is 1. The van der Waals surface area contributed by atoms with Crippen LogP contribution >= 0.6 is 11.3 Å². The quantitative estimate of drug-likeness (QED) is 0.594. The van der Waals surface area contributed by atoms with Gasteiger partial charge in [-0.1, -0.05) is 20.8 Å². The first kappa shape index (κ1) is 23.0. The van der Waals surface area contributed by atoms with Gasteiger partial charge in [0.25, 0.3) is 0 Å². The standard InChI is InChI=1S/C24H34FNO3S/c1-22(2,3)9-10-24(11-12-26(15-24)21(28)29-23(4,5)6)20(27)18-14-30-19-8-7-16(25)13-17(18)19/h7-8,13-14,20,27H,9-12,15H2,1-6H3. The van der Waals surface area contributed by atoms with Crippen molar-refractivity contribution < 1.29 is 19.0 Å². The largest absolute Gasteiger partial charge is 0.444 e. The Bertz CT molecular complexity index is 911. The zero-order valence-electron chi connectivity index (χ0n) is 18.9. The van der Waals surface area contributed by atoms with Crippen molar-refractivity contribution >= 4 is 27.5 Å². The van der Waals surface area contributed by atoms with E-state index >= 15 is 0 Å². The van der Waals surface area contributed by atoms with Crippen molar-refractivity contribution in [2.45, 2.75) is 72.5 Å². The molecule has 1 saturated heterocycles. The third-order valence-corrected chi connectivity index (χ3v) is 6.83. The molecule has 2 unspecified atom stereocenters. The summed E-state index contributed by atoms with van der Waals surface area (Å²) < 4.78 is 20.4. The topological polar surface area (TPSA) is 49.8 Å². The number of ether oxygens (including phenoxy) is 1. The lowest BCUT2D eigenvalue weighted by Gasteiger charge is -2.36. The summed E-state index contributed by atoms with van der Waals surface area (Å²) in [4.78, 5) is 14.4. The predicted octanol–water partition coefficient (Wildman–Crippen LogP) is 6.53. The van der Waals surface area contributed by atoms with E-state index in [4.69, 9.17) is 4.74 Å². The van der Waals surface area contributed by atoms with E-state index in [1.807, 2.05) is 26.2 Å². The van der Waals surface area contributed by atoms with E-state index in [1.54, 1.807) is 11.0 Å². The third-order valence-electron chi connectivity index (χ3n) is 5.85. The molecule has 3 rings (SSSR count). The van der Waals surface area contributed by atoms with Gasteiger partial charge in [0.05, 0.1) is 6.10 Å². The highest BCUT2D eigenvalue weighted by Crippen LogP contribution is 2.49. The first-order valence-electron chi connectivity index (χ1n) is 10.6. The second kappa shape index (κ2) is 8.12. The number of rotatable bonds is 4. The van der Waals surface area contributed by atoms with E-state index in [0.29, 0.717) is 19.5 Å². The molecule has 30 heavy (non-hydrogen) atoms. The molecule has 2 aromatic rings. The zero-order valence-corrected chi connectivity index (χ0v) is 19.7. The van der Waals surface area contributed by atoms with Gasteiger partial charge < -0.3 is 14.7 Å². The first-order chi connectivity index (χ1) is 13.8. The highest BCUT2D eigenvalue weighted by atomic mass is 32.1. The number of carbonyl (C=O) groups excluding carboxylic acids is 1. The number of fused-ring (bicyclic) bond motifs is 1. The van der Waals surface area contributed by atoms with Gasteiger partial charge in [0.1, 0.15) is 11.4 Å². The van der Waals surface area contributed by atoms with E-state index < -0.39 is 17.1 Å². The lowest BCUT2D eigenvalue weighted by atomic mass is 9.71. The van der Waals surface area contributed by atoms with Crippen LogP contribution in [0.4, 0.5) is 9.18 Å². The highest BCUT2D eigenvalue weighted by Gasteiger charge is 2.47. The maximum atomic E-state index is 13.9. The van der Waals surface area contributed by atoms with Crippen molar-refractivity contribution in [2.75, 3.05) is 13.1 Å². The van der Waals surface area contributed by atoms with Gasteiger partial charge in [-0.3, -0.25) is 0 Å². The fraction of sp³-hybridized carbons (Fsp3) is 0.625. The average molecular weight is 436 g/mol. The molecule has 0 bridgehead atoms. The summed E-state index contributed by atoms with van der Waals surface area (Å²) in [6.07, 6.45) is 1.28. The van der Waals surface area contributed by atoms with Gasteiger partial charge in [-0.15, -0.1) is 11.3 Å². The van der Waals surface area contributed by atoms with E-state index in [2.05, 4.69) is 20.8 Å². The molecule has 1 aromatic heterocycles. The van der Waals surface area contributed by atoms with Crippen LogP contribution in [0, 0.1) is 16.6 Å².